The van der Waals surface area contributed by atoms with Gasteiger partial charge in [-0.15, -0.1) is 0 Å². The summed E-state index contributed by atoms with van der Waals surface area (Å²) in [6.07, 6.45) is 9.90. The fraction of sp³-hybridized carbons (Fsp3) is 0.947. The van der Waals surface area contributed by atoms with E-state index in [0.29, 0.717) is 23.5 Å². The zero-order valence-electron chi connectivity index (χ0n) is 15.2. The number of hydrogen-bond donors (Lipinski definition) is 2. The number of nitrogens with zero attached hydrogens (tertiary/aromatic N) is 2. The van der Waals surface area contributed by atoms with E-state index in [2.05, 4.69) is 22.5 Å². The average Bonchev–Trinajstić information content (AvgIpc) is 2.97. The molecule has 4 rings (SSSR count). The molecular weight excluding hydrogens is 300 g/mol. The van der Waals surface area contributed by atoms with E-state index in [0.717, 1.165) is 32.2 Å². The van der Waals surface area contributed by atoms with Crippen LogP contribution in [0.5, 0.6) is 0 Å². The molecule has 24 heavy (non-hydrogen) atoms. The van der Waals surface area contributed by atoms with Gasteiger partial charge in [0.1, 0.15) is 0 Å². The summed E-state index contributed by atoms with van der Waals surface area (Å²) in [6, 6.07) is 0.575. The Bertz CT molecular complexity index is 456. The fourth-order valence-electron chi connectivity index (χ4n) is 5.41. The Kier molecular flexibility index (Phi) is 5.00. The molecule has 4 fully saturated rings. The third kappa shape index (κ3) is 2.94. The second-order valence-electron chi connectivity index (χ2n) is 8.12. The van der Waals surface area contributed by atoms with E-state index in [4.69, 9.17) is 9.73 Å². The summed E-state index contributed by atoms with van der Waals surface area (Å²) in [5, 5.41) is 7.26. The van der Waals surface area contributed by atoms with E-state index in [9.17, 15) is 0 Å². The molecule has 0 aromatic carbocycles. The number of nitrogens with one attached hydrogen (secondary N) is 2. The van der Waals surface area contributed by atoms with E-state index in [-0.39, 0.29) is 0 Å². The first-order valence-corrected chi connectivity index (χ1v) is 10.2. The standard InChI is InChI=1S/C19H34N4O/c1-2-20-18(21-10-13-23-11-4-3-5-12-23)22-16-15-7-14-24-17(15)19(16)8-6-9-19/h15-17H,2-14H2,1H3,(H2,20,21,22). The fourth-order valence-corrected chi connectivity index (χ4v) is 5.41. The Morgan fingerprint density at radius 1 is 1.21 bits per heavy atom. The highest BCUT2D eigenvalue weighted by atomic mass is 16.5. The summed E-state index contributed by atoms with van der Waals surface area (Å²) in [6.45, 7) is 8.56. The summed E-state index contributed by atoms with van der Waals surface area (Å²) in [5.41, 5.74) is 0.421. The third-order valence-electron chi connectivity index (χ3n) is 6.81. The van der Waals surface area contributed by atoms with Crippen molar-refractivity contribution in [1.82, 2.24) is 15.5 Å². The summed E-state index contributed by atoms with van der Waals surface area (Å²) < 4.78 is 6.03. The molecule has 0 amide bonds. The molecule has 1 spiro atoms. The maximum atomic E-state index is 6.03. The van der Waals surface area contributed by atoms with Crippen LogP contribution in [-0.4, -0.2) is 62.3 Å². The van der Waals surface area contributed by atoms with Crippen LogP contribution in [0.15, 0.2) is 4.99 Å². The third-order valence-corrected chi connectivity index (χ3v) is 6.81. The SMILES string of the molecule is CCNC(=NCCN1CCCCC1)NC1C2CCOC2C12CCC2. The molecule has 5 nitrogen and oxygen atoms in total. The van der Waals surface area contributed by atoms with Gasteiger partial charge < -0.3 is 20.3 Å². The topological polar surface area (TPSA) is 48.9 Å². The molecule has 4 aliphatic rings. The highest BCUT2D eigenvalue weighted by Crippen LogP contribution is 2.62. The molecule has 0 radical (unpaired) electrons. The Hall–Kier alpha value is -0.810. The number of ether oxygens (including phenoxy) is 1. The number of fused-ring (bicyclic) bond motifs is 2. The van der Waals surface area contributed by atoms with Gasteiger partial charge in [0.2, 0.25) is 0 Å². The minimum Gasteiger partial charge on any atom is -0.377 e. The van der Waals surface area contributed by atoms with Crippen LogP contribution in [0.3, 0.4) is 0 Å². The maximum Gasteiger partial charge on any atom is 0.191 e. The van der Waals surface area contributed by atoms with Crippen LogP contribution < -0.4 is 10.6 Å². The van der Waals surface area contributed by atoms with Gasteiger partial charge in [-0.1, -0.05) is 12.8 Å². The average molecular weight is 335 g/mol. The normalized spacial score (nSPS) is 35.2. The first-order valence-electron chi connectivity index (χ1n) is 10.2. The van der Waals surface area contributed by atoms with Crippen LogP contribution >= 0.6 is 0 Å². The second kappa shape index (κ2) is 7.20. The molecule has 2 saturated carbocycles. The van der Waals surface area contributed by atoms with Gasteiger partial charge in [0.15, 0.2) is 5.96 Å². The number of aliphatic imine (C=N–C) groups is 1. The Morgan fingerprint density at radius 2 is 2.04 bits per heavy atom. The minimum absolute atomic E-state index is 0.421. The van der Waals surface area contributed by atoms with Crippen molar-refractivity contribution in [3.63, 3.8) is 0 Å². The quantitative estimate of drug-likeness (QED) is 0.596. The Labute approximate surface area is 146 Å². The van der Waals surface area contributed by atoms with Gasteiger partial charge in [0.05, 0.1) is 12.6 Å². The number of piperidine rings is 1. The van der Waals surface area contributed by atoms with E-state index >= 15 is 0 Å². The smallest absolute Gasteiger partial charge is 0.191 e. The summed E-state index contributed by atoms with van der Waals surface area (Å²) >= 11 is 0. The predicted octanol–water partition coefficient (Wildman–Crippen LogP) is 1.99. The lowest BCUT2D eigenvalue weighted by Gasteiger charge is -2.63. The molecule has 2 heterocycles. The number of guanidine groups is 1. The first-order chi connectivity index (χ1) is 11.8. The lowest BCUT2D eigenvalue weighted by Crippen LogP contribution is -2.72. The molecule has 2 aliphatic heterocycles. The number of likely N-dealkylation sites (tertiary alicyclic amines) is 1. The first kappa shape index (κ1) is 16.6. The number of hydrogen-bond acceptors (Lipinski definition) is 3. The Morgan fingerprint density at radius 3 is 2.75 bits per heavy atom. The second-order valence-corrected chi connectivity index (χ2v) is 8.12. The van der Waals surface area contributed by atoms with E-state index in [1.165, 1.54) is 58.0 Å². The maximum absolute atomic E-state index is 6.03. The molecule has 3 unspecified atom stereocenters. The highest BCUT2D eigenvalue weighted by molar-refractivity contribution is 5.80. The summed E-state index contributed by atoms with van der Waals surface area (Å²) in [4.78, 5) is 7.44. The van der Waals surface area contributed by atoms with Gasteiger partial charge in [0, 0.05) is 37.1 Å². The lowest BCUT2D eigenvalue weighted by atomic mass is 9.46. The van der Waals surface area contributed by atoms with Crippen LogP contribution in [0.4, 0.5) is 0 Å². The summed E-state index contributed by atoms with van der Waals surface area (Å²) in [5.74, 6) is 1.73. The molecule has 3 atom stereocenters. The molecule has 0 aromatic rings. The largest absolute Gasteiger partial charge is 0.377 e. The lowest BCUT2D eigenvalue weighted by molar-refractivity contribution is -0.171. The van der Waals surface area contributed by atoms with Crippen molar-refractivity contribution in [3.8, 4) is 0 Å². The van der Waals surface area contributed by atoms with Crippen LogP contribution in [0.2, 0.25) is 0 Å². The van der Waals surface area contributed by atoms with Crippen LogP contribution in [0, 0.1) is 11.3 Å². The predicted molar refractivity (Wildman–Crippen MR) is 97.3 cm³/mol. The van der Waals surface area contributed by atoms with Crippen molar-refractivity contribution >= 4 is 5.96 Å². The molecule has 2 saturated heterocycles. The van der Waals surface area contributed by atoms with E-state index < -0.39 is 0 Å². The van der Waals surface area contributed by atoms with Gasteiger partial charge in [-0.2, -0.15) is 0 Å². The zero-order valence-corrected chi connectivity index (χ0v) is 15.2. The Balaban J connectivity index is 1.33. The van der Waals surface area contributed by atoms with Gasteiger partial charge in [0.25, 0.3) is 0 Å². The zero-order chi connectivity index (χ0) is 16.4. The van der Waals surface area contributed by atoms with E-state index in [1.54, 1.807) is 0 Å². The van der Waals surface area contributed by atoms with Gasteiger partial charge in [-0.05, 0) is 52.1 Å². The van der Waals surface area contributed by atoms with Crippen molar-refractivity contribution in [3.05, 3.63) is 0 Å². The van der Waals surface area contributed by atoms with Crippen molar-refractivity contribution in [2.75, 3.05) is 39.3 Å². The molecule has 0 aromatic heterocycles. The monoisotopic (exact) mass is 334 g/mol. The van der Waals surface area contributed by atoms with Crippen molar-refractivity contribution in [1.29, 1.82) is 0 Å². The van der Waals surface area contributed by atoms with Crippen LogP contribution in [0.1, 0.15) is 51.9 Å². The molecule has 2 aliphatic carbocycles. The van der Waals surface area contributed by atoms with Crippen molar-refractivity contribution in [2.24, 2.45) is 16.3 Å². The molecular formula is C19H34N4O. The van der Waals surface area contributed by atoms with Gasteiger partial charge in [-0.25, -0.2) is 0 Å². The van der Waals surface area contributed by atoms with Gasteiger partial charge >= 0.3 is 0 Å². The van der Waals surface area contributed by atoms with Crippen LogP contribution in [0.25, 0.3) is 0 Å². The van der Waals surface area contributed by atoms with Crippen molar-refractivity contribution < 1.29 is 4.74 Å². The van der Waals surface area contributed by atoms with E-state index in [1.807, 2.05) is 0 Å². The molecule has 136 valence electrons. The summed E-state index contributed by atoms with van der Waals surface area (Å²) in [7, 11) is 0. The number of rotatable bonds is 5. The molecule has 2 N–H and O–H groups in total. The van der Waals surface area contributed by atoms with Gasteiger partial charge in [-0.3, -0.25) is 4.99 Å². The highest BCUT2D eigenvalue weighted by Gasteiger charge is 2.66. The molecule has 0 bridgehead atoms. The van der Waals surface area contributed by atoms with Crippen molar-refractivity contribution in [2.45, 2.75) is 64.0 Å². The molecule has 5 heteroatoms. The van der Waals surface area contributed by atoms with Crippen LogP contribution in [-0.2, 0) is 4.74 Å². The minimum atomic E-state index is 0.421.